The molecule has 0 saturated carbocycles. The number of hydrogen-bond acceptors (Lipinski definition) is 2. The third-order valence-corrected chi connectivity index (χ3v) is 4.16. The highest BCUT2D eigenvalue weighted by Crippen LogP contribution is 2.31. The van der Waals surface area contributed by atoms with E-state index in [0.29, 0.717) is 12.3 Å². The first-order valence-corrected chi connectivity index (χ1v) is 8.21. The van der Waals surface area contributed by atoms with Crippen molar-refractivity contribution in [3.05, 3.63) is 107 Å². The van der Waals surface area contributed by atoms with Crippen molar-refractivity contribution in [2.24, 2.45) is 0 Å². The van der Waals surface area contributed by atoms with Gasteiger partial charge in [-0.3, -0.25) is 4.57 Å². The topological polar surface area (TPSA) is 35.1 Å². The van der Waals surface area contributed by atoms with E-state index in [1.54, 1.807) is 4.57 Å². The van der Waals surface area contributed by atoms with Crippen LogP contribution < -0.4 is 5.76 Å². The van der Waals surface area contributed by atoms with Crippen LogP contribution in [0.25, 0.3) is 22.6 Å². The highest BCUT2D eigenvalue weighted by atomic mass is 16.4. The van der Waals surface area contributed by atoms with Crippen LogP contribution in [-0.4, -0.2) is 4.57 Å². The zero-order valence-electron chi connectivity index (χ0n) is 13.6. The third kappa shape index (κ3) is 3.04. The molecule has 3 heteroatoms. The fourth-order valence-electron chi connectivity index (χ4n) is 2.98. The molecule has 122 valence electrons. The van der Waals surface area contributed by atoms with Crippen LogP contribution in [0.3, 0.4) is 0 Å². The summed E-state index contributed by atoms with van der Waals surface area (Å²) in [6.45, 7) is 0.472. The lowest BCUT2D eigenvalue weighted by Crippen LogP contribution is -2.16. The minimum atomic E-state index is -0.346. The Labute approximate surface area is 145 Å². The second-order valence-corrected chi connectivity index (χ2v) is 5.85. The van der Waals surface area contributed by atoms with Gasteiger partial charge in [0.25, 0.3) is 0 Å². The van der Waals surface area contributed by atoms with Crippen LogP contribution in [0.4, 0.5) is 0 Å². The van der Waals surface area contributed by atoms with Crippen LogP contribution in [-0.2, 0) is 6.54 Å². The molecule has 0 unspecified atom stereocenters. The average Bonchev–Trinajstić information content (AvgIpc) is 3.00. The standard InChI is InChI=1S/C22H17NO2/c24-22-23(16-17-10-4-1-5-11-17)20(18-12-6-2-7-13-18)21(25-22)19-14-8-3-9-15-19/h1-15H,16H2. The van der Waals surface area contributed by atoms with Crippen molar-refractivity contribution < 1.29 is 4.42 Å². The Kier molecular flexibility index (Phi) is 4.05. The Hall–Kier alpha value is -3.33. The van der Waals surface area contributed by atoms with E-state index in [0.717, 1.165) is 22.4 Å². The van der Waals surface area contributed by atoms with Gasteiger partial charge in [0, 0.05) is 11.1 Å². The molecule has 3 nitrogen and oxygen atoms in total. The highest BCUT2D eigenvalue weighted by Gasteiger charge is 2.19. The van der Waals surface area contributed by atoms with E-state index in [1.807, 2.05) is 91.0 Å². The molecule has 0 saturated heterocycles. The Bertz CT molecular complexity index is 1020. The summed E-state index contributed by atoms with van der Waals surface area (Å²) in [5.41, 5.74) is 3.72. The second kappa shape index (κ2) is 6.65. The van der Waals surface area contributed by atoms with Gasteiger partial charge in [0.15, 0.2) is 5.76 Å². The molecular weight excluding hydrogens is 310 g/mol. The molecule has 1 heterocycles. The first kappa shape index (κ1) is 15.2. The van der Waals surface area contributed by atoms with Crippen molar-refractivity contribution in [1.29, 1.82) is 0 Å². The molecule has 0 aliphatic rings. The Balaban J connectivity index is 1.92. The summed E-state index contributed by atoms with van der Waals surface area (Å²) < 4.78 is 7.37. The summed E-state index contributed by atoms with van der Waals surface area (Å²) in [6.07, 6.45) is 0. The van der Waals surface area contributed by atoms with E-state index in [1.165, 1.54) is 0 Å². The molecule has 4 rings (SSSR count). The van der Waals surface area contributed by atoms with E-state index in [4.69, 9.17) is 4.42 Å². The lowest BCUT2D eigenvalue weighted by Gasteiger charge is -2.09. The predicted octanol–water partition coefficient (Wildman–Crippen LogP) is 4.82. The predicted molar refractivity (Wildman–Crippen MR) is 99.4 cm³/mol. The number of rotatable bonds is 4. The van der Waals surface area contributed by atoms with Gasteiger partial charge in [-0.05, 0) is 5.56 Å². The first-order chi connectivity index (χ1) is 12.3. The second-order valence-electron chi connectivity index (χ2n) is 5.85. The van der Waals surface area contributed by atoms with Crippen molar-refractivity contribution in [2.75, 3.05) is 0 Å². The Morgan fingerprint density at radius 2 is 1.20 bits per heavy atom. The zero-order valence-corrected chi connectivity index (χ0v) is 13.6. The van der Waals surface area contributed by atoms with Crippen LogP contribution in [0, 0.1) is 0 Å². The first-order valence-electron chi connectivity index (χ1n) is 8.21. The molecule has 0 aliphatic heterocycles. The van der Waals surface area contributed by atoms with E-state index in [2.05, 4.69) is 0 Å². The summed E-state index contributed by atoms with van der Waals surface area (Å²) in [4.78, 5) is 12.6. The Morgan fingerprint density at radius 1 is 0.680 bits per heavy atom. The van der Waals surface area contributed by atoms with Crippen molar-refractivity contribution in [3.8, 4) is 22.6 Å². The summed E-state index contributed by atoms with van der Waals surface area (Å²) in [5, 5.41) is 0. The fraction of sp³-hybridized carbons (Fsp3) is 0.0455. The van der Waals surface area contributed by atoms with Crippen LogP contribution >= 0.6 is 0 Å². The monoisotopic (exact) mass is 327 g/mol. The van der Waals surface area contributed by atoms with E-state index >= 15 is 0 Å². The van der Waals surface area contributed by atoms with Gasteiger partial charge in [0.2, 0.25) is 0 Å². The van der Waals surface area contributed by atoms with Gasteiger partial charge in [-0.1, -0.05) is 91.0 Å². The lowest BCUT2D eigenvalue weighted by molar-refractivity contribution is 0.497. The van der Waals surface area contributed by atoms with Gasteiger partial charge in [-0.25, -0.2) is 4.79 Å². The van der Waals surface area contributed by atoms with Gasteiger partial charge < -0.3 is 4.42 Å². The Morgan fingerprint density at radius 3 is 1.80 bits per heavy atom. The maximum Gasteiger partial charge on any atom is 0.420 e. The van der Waals surface area contributed by atoms with Crippen LogP contribution in [0.1, 0.15) is 5.56 Å². The number of oxazole rings is 1. The summed E-state index contributed by atoms with van der Waals surface area (Å²) in [6, 6.07) is 29.6. The molecule has 0 N–H and O–H groups in total. The SMILES string of the molecule is O=c1oc(-c2ccccc2)c(-c2ccccc2)n1Cc1ccccc1. The maximum atomic E-state index is 12.6. The summed E-state index contributed by atoms with van der Waals surface area (Å²) in [5.74, 6) is 0.259. The number of benzene rings is 3. The summed E-state index contributed by atoms with van der Waals surface area (Å²) >= 11 is 0. The third-order valence-electron chi connectivity index (χ3n) is 4.16. The summed E-state index contributed by atoms with van der Waals surface area (Å²) in [7, 11) is 0. The maximum absolute atomic E-state index is 12.6. The average molecular weight is 327 g/mol. The molecule has 0 bridgehead atoms. The minimum absolute atomic E-state index is 0.346. The molecule has 0 atom stereocenters. The quantitative estimate of drug-likeness (QED) is 0.538. The fourth-order valence-corrected chi connectivity index (χ4v) is 2.98. The molecule has 3 aromatic carbocycles. The molecule has 25 heavy (non-hydrogen) atoms. The van der Waals surface area contributed by atoms with E-state index in [-0.39, 0.29) is 5.76 Å². The number of aromatic nitrogens is 1. The highest BCUT2D eigenvalue weighted by molar-refractivity contribution is 5.77. The molecule has 1 aromatic heterocycles. The molecule has 4 aromatic rings. The zero-order chi connectivity index (χ0) is 17.1. The van der Waals surface area contributed by atoms with Crippen LogP contribution in [0.2, 0.25) is 0 Å². The molecule has 0 fully saturated rings. The van der Waals surface area contributed by atoms with Gasteiger partial charge in [-0.15, -0.1) is 0 Å². The van der Waals surface area contributed by atoms with Crippen LogP contribution in [0.5, 0.6) is 0 Å². The molecule has 0 radical (unpaired) electrons. The van der Waals surface area contributed by atoms with Crippen molar-refractivity contribution in [1.82, 2.24) is 4.57 Å². The van der Waals surface area contributed by atoms with Gasteiger partial charge in [-0.2, -0.15) is 0 Å². The number of hydrogen-bond donors (Lipinski definition) is 0. The van der Waals surface area contributed by atoms with Crippen LogP contribution in [0.15, 0.2) is 100 Å². The molecule has 0 spiro atoms. The normalized spacial score (nSPS) is 10.7. The van der Waals surface area contributed by atoms with Gasteiger partial charge in [0.05, 0.1) is 12.2 Å². The van der Waals surface area contributed by atoms with E-state index in [9.17, 15) is 4.79 Å². The molecular formula is C22H17NO2. The van der Waals surface area contributed by atoms with Gasteiger partial charge >= 0.3 is 5.76 Å². The van der Waals surface area contributed by atoms with Crippen molar-refractivity contribution >= 4 is 0 Å². The van der Waals surface area contributed by atoms with Gasteiger partial charge in [0.1, 0.15) is 0 Å². The lowest BCUT2D eigenvalue weighted by atomic mass is 10.1. The van der Waals surface area contributed by atoms with Crippen molar-refractivity contribution in [2.45, 2.75) is 6.54 Å². The molecule has 0 amide bonds. The van der Waals surface area contributed by atoms with Crippen molar-refractivity contribution in [3.63, 3.8) is 0 Å². The minimum Gasteiger partial charge on any atom is -0.407 e. The van der Waals surface area contributed by atoms with E-state index < -0.39 is 0 Å². The molecule has 0 aliphatic carbocycles. The number of nitrogens with zero attached hydrogens (tertiary/aromatic N) is 1. The smallest absolute Gasteiger partial charge is 0.407 e. The largest absolute Gasteiger partial charge is 0.420 e.